The highest BCUT2D eigenvalue weighted by molar-refractivity contribution is 5.58. The van der Waals surface area contributed by atoms with Crippen molar-refractivity contribution < 1.29 is 9.50 Å². The Morgan fingerprint density at radius 1 is 1.29 bits per heavy atom. The van der Waals surface area contributed by atoms with Crippen LogP contribution in [0, 0.1) is 5.82 Å². The van der Waals surface area contributed by atoms with Gasteiger partial charge in [-0.05, 0) is 18.2 Å². The molecule has 88 valence electrons. The number of halogens is 1. The summed E-state index contributed by atoms with van der Waals surface area (Å²) in [4.78, 5) is 9.87. The van der Waals surface area contributed by atoms with E-state index in [2.05, 4.69) is 9.97 Å². The molecule has 0 aliphatic heterocycles. The molecule has 0 radical (unpaired) electrons. The lowest BCUT2D eigenvalue weighted by Gasteiger charge is -2.17. The first kappa shape index (κ1) is 11.5. The van der Waals surface area contributed by atoms with E-state index in [9.17, 15) is 4.39 Å². The largest absolute Gasteiger partial charge is 0.390 e. The number of aliphatic hydroxyl groups excluding tert-OH is 1. The molecule has 2 aromatic rings. The Kier molecular flexibility index (Phi) is 3.30. The van der Waals surface area contributed by atoms with Gasteiger partial charge in [-0.25, -0.2) is 9.37 Å². The molecule has 1 aromatic heterocycles. The van der Waals surface area contributed by atoms with E-state index in [1.165, 1.54) is 24.5 Å². The van der Waals surface area contributed by atoms with Crippen LogP contribution in [-0.2, 0) is 6.61 Å². The van der Waals surface area contributed by atoms with Crippen LogP contribution in [0.2, 0.25) is 0 Å². The minimum absolute atomic E-state index is 0.142. The molecule has 0 aliphatic carbocycles. The van der Waals surface area contributed by atoms with E-state index in [4.69, 9.17) is 5.11 Å². The predicted octanol–water partition coefficient (Wildman–Crippen LogP) is 1.88. The third kappa shape index (κ3) is 2.57. The van der Waals surface area contributed by atoms with Crippen LogP contribution >= 0.6 is 0 Å². The SMILES string of the molecule is CN(c1cccc(F)c1)c1cnc(CO)cn1. The lowest BCUT2D eigenvalue weighted by atomic mass is 10.3. The highest BCUT2D eigenvalue weighted by Crippen LogP contribution is 2.21. The van der Waals surface area contributed by atoms with Gasteiger partial charge in [0.25, 0.3) is 0 Å². The van der Waals surface area contributed by atoms with Crippen molar-refractivity contribution >= 4 is 11.5 Å². The van der Waals surface area contributed by atoms with Gasteiger partial charge in [0.05, 0.1) is 24.7 Å². The number of anilines is 2. The minimum atomic E-state index is -0.297. The summed E-state index contributed by atoms with van der Waals surface area (Å²) in [5.41, 5.74) is 1.19. The first-order valence-corrected chi connectivity index (χ1v) is 5.12. The Balaban J connectivity index is 2.27. The maximum Gasteiger partial charge on any atom is 0.151 e. The quantitative estimate of drug-likeness (QED) is 0.879. The molecule has 1 N–H and O–H groups in total. The van der Waals surface area contributed by atoms with Crippen LogP contribution in [0.25, 0.3) is 0 Å². The molecule has 0 bridgehead atoms. The maximum atomic E-state index is 13.1. The summed E-state index contributed by atoms with van der Waals surface area (Å²) in [5, 5.41) is 8.85. The molecule has 0 aliphatic rings. The van der Waals surface area contributed by atoms with Gasteiger partial charge in [-0.15, -0.1) is 0 Å². The van der Waals surface area contributed by atoms with Crippen molar-refractivity contribution in [3.63, 3.8) is 0 Å². The standard InChI is InChI=1S/C12H12FN3O/c1-16(11-4-2-3-9(13)5-11)12-7-14-10(8-17)6-15-12/h2-7,17H,8H2,1H3. The summed E-state index contributed by atoms with van der Waals surface area (Å²) in [6.07, 6.45) is 3.03. The summed E-state index contributed by atoms with van der Waals surface area (Å²) < 4.78 is 13.1. The molecule has 0 fully saturated rings. The van der Waals surface area contributed by atoms with Gasteiger partial charge in [-0.3, -0.25) is 4.98 Å². The van der Waals surface area contributed by atoms with Crippen LogP contribution in [0.15, 0.2) is 36.7 Å². The highest BCUT2D eigenvalue weighted by atomic mass is 19.1. The Hall–Kier alpha value is -2.01. The van der Waals surface area contributed by atoms with Crippen molar-refractivity contribution in [2.24, 2.45) is 0 Å². The second kappa shape index (κ2) is 4.88. The molecule has 0 saturated heterocycles. The van der Waals surface area contributed by atoms with E-state index >= 15 is 0 Å². The summed E-state index contributed by atoms with van der Waals surface area (Å²) in [6, 6.07) is 6.22. The zero-order valence-corrected chi connectivity index (χ0v) is 9.34. The van der Waals surface area contributed by atoms with Crippen molar-refractivity contribution in [1.82, 2.24) is 9.97 Å². The molecule has 0 atom stereocenters. The van der Waals surface area contributed by atoms with Crippen LogP contribution in [0.5, 0.6) is 0 Å². The zero-order valence-electron chi connectivity index (χ0n) is 9.34. The predicted molar refractivity (Wildman–Crippen MR) is 62.4 cm³/mol. The lowest BCUT2D eigenvalue weighted by Crippen LogP contribution is -2.12. The molecule has 0 amide bonds. The van der Waals surface area contributed by atoms with Crippen molar-refractivity contribution in [2.45, 2.75) is 6.61 Å². The first-order chi connectivity index (χ1) is 8.20. The van der Waals surface area contributed by atoms with E-state index in [0.717, 1.165) is 0 Å². The van der Waals surface area contributed by atoms with E-state index in [1.807, 2.05) is 0 Å². The molecule has 17 heavy (non-hydrogen) atoms. The third-order valence-corrected chi connectivity index (χ3v) is 2.39. The molecular weight excluding hydrogens is 221 g/mol. The van der Waals surface area contributed by atoms with Crippen LogP contribution in [0.1, 0.15) is 5.69 Å². The lowest BCUT2D eigenvalue weighted by molar-refractivity contribution is 0.276. The van der Waals surface area contributed by atoms with Crippen molar-refractivity contribution in [3.05, 3.63) is 48.2 Å². The van der Waals surface area contributed by atoms with Crippen LogP contribution < -0.4 is 4.90 Å². The summed E-state index contributed by atoms with van der Waals surface area (Å²) in [7, 11) is 1.78. The van der Waals surface area contributed by atoms with Crippen molar-refractivity contribution in [2.75, 3.05) is 11.9 Å². The Labute approximate surface area is 98.4 Å². The number of benzene rings is 1. The second-order valence-corrected chi connectivity index (χ2v) is 3.56. The number of rotatable bonds is 3. The molecule has 0 spiro atoms. The van der Waals surface area contributed by atoms with Crippen molar-refractivity contribution in [3.8, 4) is 0 Å². The fourth-order valence-electron chi connectivity index (χ4n) is 1.42. The normalized spacial score (nSPS) is 10.3. The third-order valence-electron chi connectivity index (χ3n) is 2.39. The topological polar surface area (TPSA) is 49.2 Å². The Morgan fingerprint density at radius 2 is 2.12 bits per heavy atom. The smallest absolute Gasteiger partial charge is 0.151 e. The van der Waals surface area contributed by atoms with Gasteiger partial charge in [0, 0.05) is 12.7 Å². The van der Waals surface area contributed by atoms with E-state index in [-0.39, 0.29) is 12.4 Å². The zero-order chi connectivity index (χ0) is 12.3. The molecule has 1 aromatic carbocycles. The minimum Gasteiger partial charge on any atom is -0.390 e. The fourth-order valence-corrected chi connectivity index (χ4v) is 1.42. The highest BCUT2D eigenvalue weighted by Gasteiger charge is 2.06. The molecule has 0 unspecified atom stereocenters. The van der Waals surface area contributed by atoms with Crippen molar-refractivity contribution in [1.29, 1.82) is 0 Å². The van der Waals surface area contributed by atoms with E-state index in [0.29, 0.717) is 17.2 Å². The van der Waals surface area contributed by atoms with Gasteiger partial charge in [-0.1, -0.05) is 6.07 Å². The molecule has 5 heteroatoms. The average Bonchev–Trinajstić information content (AvgIpc) is 2.38. The molecule has 2 rings (SSSR count). The summed E-state index contributed by atoms with van der Waals surface area (Å²) in [5.74, 6) is 0.294. The fraction of sp³-hybridized carbons (Fsp3) is 0.167. The second-order valence-electron chi connectivity index (χ2n) is 3.56. The Morgan fingerprint density at radius 3 is 2.71 bits per heavy atom. The number of aromatic nitrogens is 2. The van der Waals surface area contributed by atoms with E-state index in [1.54, 1.807) is 24.1 Å². The van der Waals surface area contributed by atoms with Gasteiger partial charge in [0.2, 0.25) is 0 Å². The van der Waals surface area contributed by atoms with Gasteiger partial charge in [0.1, 0.15) is 5.82 Å². The average molecular weight is 233 g/mol. The van der Waals surface area contributed by atoms with Crippen LogP contribution in [0.4, 0.5) is 15.9 Å². The first-order valence-electron chi connectivity index (χ1n) is 5.12. The molecule has 1 heterocycles. The number of hydrogen-bond donors (Lipinski definition) is 1. The van der Waals surface area contributed by atoms with Gasteiger partial charge in [0.15, 0.2) is 5.82 Å². The van der Waals surface area contributed by atoms with Crippen LogP contribution in [0.3, 0.4) is 0 Å². The van der Waals surface area contributed by atoms with Crippen LogP contribution in [-0.4, -0.2) is 22.1 Å². The number of nitrogens with zero attached hydrogens (tertiary/aromatic N) is 3. The Bertz CT molecular complexity index is 501. The van der Waals surface area contributed by atoms with Gasteiger partial charge in [-0.2, -0.15) is 0 Å². The molecule has 4 nitrogen and oxygen atoms in total. The summed E-state index contributed by atoms with van der Waals surface area (Å²) in [6.45, 7) is -0.142. The van der Waals surface area contributed by atoms with Gasteiger partial charge >= 0.3 is 0 Å². The summed E-state index contributed by atoms with van der Waals surface area (Å²) >= 11 is 0. The number of aliphatic hydroxyl groups is 1. The van der Waals surface area contributed by atoms with E-state index < -0.39 is 0 Å². The molecule has 0 saturated carbocycles. The number of hydrogen-bond acceptors (Lipinski definition) is 4. The van der Waals surface area contributed by atoms with Gasteiger partial charge < -0.3 is 10.0 Å². The maximum absolute atomic E-state index is 13.1. The monoisotopic (exact) mass is 233 g/mol. The molecular formula is C12H12FN3O.